The molecule has 0 spiro atoms. The van der Waals surface area contributed by atoms with Crippen molar-refractivity contribution in [3.8, 4) is 11.5 Å². The molecule has 0 atom stereocenters. The molecule has 0 unspecified atom stereocenters. The second-order valence-electron chi connectivity index (χ2n) is 7.66. The van der Waals surface area contributed by atoms with E-state index in [1.54, 1.807) is 22.8 Å². The first-order valence-electron chi connectivity index (χ1n) is 10.4. The number of piperidine rings is 1. The molecule has 1 fully saturated rings. The summed E-state index contributed by atoms with van der Waals surface area (Å²) in [4.78, 5) is 0. The zero-order valence-electron chi connectivity index (χ0n) is 18.2. The zero-order chi connectivity index (χ0) is 23.1. The lowest BCUT2D eigenvalue weighted by atomic mass is 9.99. The smallest absolute Gasteiger partial charge is 0.282 e. The molecule has 32 heavy (non-hydrogen) atoms. The fraction of sp³-hybridized carbons (Fsp3) is 0.391. The molecule has 174 valence electrons. The topological polar surface area (TPSA) is 59.1 Å². The Labute approximate surface area is 207 Å². The fourth-order valence-corrected chi connectivity index (χ4v) is 6.07. The molecule has 0 aliphatic carbocycles. The summed E-state index contributed by atoms with van der Waals surface area (Å²) in [5.41, 5.74) is 1.81. The van der Waals surface area contributed by atoms with E-state index in [4.69, 9.17) is 9.47 Å². The minimum absolute atomic E-state index is 0.283. The van der Waals surface area contributed by atoms with Gasteiger partial charge in [-0.3, -0.25) is 0 Å². The average molecular weight is 588 g/mol. The number of hydrogen-bond donors (Lipinski definition) is 0. The van der Waals surface area contributed by atoms with E-state index in [0.717, 1.165) is 38.9 Å². The Morgan fingerprint density at radius 1 is 0.938 bits per heavy atom. The van der Waals surface area contributed by atoms with Gasteiger partial charge in [-0.15, -0.1) is 0 Å². The van der Waals surface area contributed by atoms with Crippen LogP contribution in [0.3, 0.4) is 0 Å². The largest absolute Gasteiger partial charge is 0.497 e. The van der Waals surface area contributed by atoms with Crippen molar-refractivity contribution >= 4 is 42.1 Å². The van der Waals surface area contributed by atoms with Crippen LogP contribution in [-0.2, 0) is 23.3 Å². The second kappa shape index (κ2) is 11.7. The molecule has 0 amide bonds. The Bertz CT molecular complexity index is 950. The summed E-state index contributed by atoms with van der Waals surface area (Å²) in [6.07, 6.45) is 3.67. The number of ether oxygens (including phenoxy) is 2. The van der Waals surface area contributed by atoms with Gasteiger partial charge in [0.15, 0.2) is 0 Å². The van der Waals surface area contributed by atoms with Crippen LogP contribution in [0.15, 0.2) is 58.0 Å². The van der Waals surface area contributed by atoms with Crippen LogP contribution in [0.25, 0.3) is 0 Å². The highest BCUT2D eigenvalue weighted by atomic mass is 79.9. The Morgan fingerprint density at radius 2 is 1.38 bits per heavy atom. The highest BCUT2D eigenvalue weighted by molar-refractivity contribution is 9.28. The molecular formula is C23H28Br2N2O4S. The van der Waals surface area contributed by atoms with Crippen LogP contribution >= 0.6 is 31.9 Å². The lowest BCUT2D eigenvalue weighted by molar-refractivity contribution is 0.272. The van der Waals surface area contributed by atoms with E-state index < -0.39 is 10.2 Å². The minimum atomic E-state index is -3.64. The molecule has 3 rings (SSSR count). The highest BCUT2D eigenvalue weighted by Crippen LogP contribution is 2.28. The summed E-state index contributed by atoms with van der Waals surface area (Å²) in [5, 5.41) is 0. The number of rotatable bonds is 9. The Hall–Kier alpha value is -1.39. The molecule has 0 aromatic heterocycles. The van der Waals surface area contributed by atoms with Crippen LogP contribution in [0.4, 0.5) is 0 Å². The van der Waals surface area contributed by atoms with Crippen molar-refractivity contribution in [2.75, 3.05) is 27.3 Å². The third-order valence-electron chi connectivity index (χ3n) is 5.55. The molecule has 1 aliphatic heterocycles. The number of methoxy groups -OCH3 is 2. The predicted octanol–water partition coefficient (Wildman–Crippen LogP) is 5.29. The normalized spacial score (nSPS) is 15.5. The number of halogens is 2. The van der Waals surface area contributed by atoms with Gasteiger partial charge in [0.05, 0.1) is 17.6 Å². The van der Waals surface area contributed by atoms with Gasteiger partial charge in [-0.05, 0) is 86.0 Å². The molecular weight excluding hydrogens is 560 g/mol. The molecule has 6 nitrogen and oxygen atoms in total. The average Bonchev–Trinajstić information content (AvgIpc) is 2.79. The summed E-state index contributed by atoms with van der Waals surface area (Å²) in [6.45, 7) is 1.56. The van der Waals surface area contributed by atoms with Crippen molar-refractivity contribution in [2.24, 2.45) is 5.92 Å². The highest BCUT2D eigenvalue weighted by Gasteiger charge is 2.33. The van der Waals surface area contributed by atoms with Crippen molar-refractivity contribution in [2.45, 2.75) is 25.9 Å². The molecule has 9 heteroatoms. The van der Waals surface area contributed by atoms with E-state index in [9.17, 15) is 8.42 Å². The van der Waals surface area contributed by atoms with Crippen LogP contribution < -0.4 is 9.47 Å². The molecule has 0 radical (unpaired) electrons. The fourth-order valence-electron chi connectivity index (χ4n) is 3.70. The number of allylic oxidation sites excluding steroid dienone is 1. The maximum absolute atomic E-state index is 13.6. The van der Waals surface area contributed by atoms with Gasteiger partial charge >= 0.3 is 0 Å². The second-order valence-corrected chi connectivity index (χ2v) is 12.4. The van der Waals surface area contributed by atoms with Gasteiger partial charge in [-0.2, -0.15) is 17.0 Å². The zero-order valence-corrected chi connectivity index (χ0v) is 22.2. The van der Waals surface area contributed by atoms with Crippen LogP contribution in [0.1, 0.15) is 24.0 Å². The van der Waals surface area contributed by atoms with E-state index in [-0.39, 0.29) is 13.1 Å². The molecule has 0 bridgehead atoms. The quantitative estimate of drug-likeness (QED) is 0.400. The van der Waals surface area contributed by atoms with Gasteiger partial charge in [-0.25, -0.2) is 0 Å². The lowest BCUT2D eigenvalue weighted by Crippen LogP contribution is -2.46. The maximum atomic E-state index is 13.6. The monoisotopic (exact) mass is 586 g/mol. The summed E-state index contributed by atoms with van der Waals surface area (Å²) in [7, 11) is -0.417. The van der Waals surface area contributed by atoms with Gasteiger partial charge in [-0.1, -0.05) is 30.3 Å². The van der Waals surface area contributed by atoms with Crippen LogP contribution in [0, 0.1) is 5.92 Å². The standard InChI is InChI=1S/C23H28Br2N2O4S/c1-30-21-7-3-19(4-8-21)16-27(17-20-5-9-22(31-2)10-6-20)32(28,29)26-13-11-18(12-14-26)15-23(24)25/h3-10,15,18H,11-14,16-17H2,1-2H3. The molecule has 0 N–H and O–H groups in total. The van der Waals surface area contributed by atoms with Crippen LogP contribution in [0.2, 0.25) is 0 Å². The molecule has 1 heterocycles. The van der Waals surface area contributed by atoms with Gasteiger partial charge in [0.25, 0.3) is 10.2 Å². The summed E-state index contributed by atoms with van der Waals surface area (Å²) < 4.78 is 41.8. The van der Waals surface area contributed by atoms with E-state index in [0.29, 0.717) is 19.0 Å². The van der Waals surface area contributed by atoms with E-state index in [1.807, 2.05) is 48.5 Å². The Kier molecular flexibility index (Phi) is 9.19. The van der Waals surface area contributed by atoms with Crippen molar-refractivity contribution in [3.63, 3.8) is 0 Å². The molecule has 2 aromatic rings. The molecule has 0 saturated carbocycles. The maximum Gasteiger partial charge on any atom is 0.282 e. The summed E-state index contributed by atoms with van der Waals surface area (Å²) >= 11 is 6.80. The van der Waals surface area contributed by atoms with Crippen LogP contribution in [0.5, 0.6) is 11.5 Å². The predicted molar refractivity (Wildman–Crippen MR) is 134 cm³/mol. The van der Waals surface area contributed by atoms with E-state index >= 15 is 0 Å². The number of nitrogens with zero attached hydrogens (tertiary/aromatic N) is 2. The minimum Gasteiger partial charge on any atom is -0.497 e. The van der Waals surface area contributed by atoms with Crippen molar-refractivity contribution in [1.82, 2.24) is 8.61 Å². The number of hydrogen-bond acceptors (Lipinski definition) is 4. The Morgan fingerprint density at radius 3 is 1.75 bits per heavy atom. The van der Waals surface area contributed by atoms with Gasteiger partial charge in [0.1, 0.15) is 11.5 Å². The summed E-state index contributed by atoms with van der Waals surface area (Å²) in [6, 6.07) is 15.0. The third-order valence-corrected chi connectivity index (χ3v) is 8.01. The van der Waals surface area contributed by atoms with Gasteiger partial charge in [0, 0.05) is 26.2 Å². The first-order chi connectivity index (χ1) is 15.3. The SMILES string of the molecule is COc1ccc(CN(Cc2ccc(OC)cc2)S(=O)(=O)N2CCC(C=C(Br)Br)CC2)cc1. The number of benzene rings is 2. The molecule has 1 aliphatic rings. The van der Waals surface area contributed by atoms with Gasteiger partial charge < -0.3 is 9.47 Å². The molecule has 1 saturated heterocycles. The lowest BCUT2D eigenvalue weighted by Gasteiger charge is -2.34. The van der Waals surface area contributed by atoms with Crippen molar-refractivity contribution in [3.05, 3.63) is 69.1 Å². The van der Waals surface area contributed by atoms with Crippen molar-refractivity contribution in [1.29, 1.82) is 0 Å². The first-order valence-corrected chi connectivity index (χ1v) is 13.3. The summed E-state index contributed by atoms with van der Waals surface area (Å²) in [5.74, 6) is 1.84. The van der Waals surface area contributed by atoms with Crippen molar-refractivity contribution < 1.29 is 17.9 Å². The van der Waals surface area contributed by atoms with Gasteiger partial charge in [0.2, 0.25) is 0 Å². The Balaban J connectivity index is 1.81. The van der Waals surface area contributed by atoms with E-state index in [1.165, 1.54) is 0 Å². The first kappa shape index (κ1) is 25.2. The van der Waals surface area contributed by atoms with E-state index in [2.05, 4.69) is 37.9 Å². The molecule has 2 aromatic carbocycles. The third kappa shape index (κ3) is 6.81. The van der Waals surface area contributed by atoms with Crippen LogP contribution in [-0.4, -0.2) is 44.3 Å².